The summed E-state index contributed by atoms with van der Waals surface area (Å²) in [5.41, 5.74) is 14.5. The Hall–Kier alpha value is -7.36. The molecule has 2 heteroatoms. The molecule has 2 aliphatic rings. The molecule has 2 aliphatic carbocycles. The summed E-state index contributed by atoms with van der Waals surface area (Å²) in [5, 5.41) is 11.2. The van der Waals surface area contributed by atoms with Crippen molar-refractivity contribution in [1.29, 1.82) is 0 Å². The van der Waals surface area contributed by atoms with Crippen LogP contribution in [-0.4, -0.2) is 12.2 Å². The summed E-state index contributed by atoms with van der Waals surface area (Å²) in [5.74, 6) is 15.8. The van der Waals surface area contributed by atoms with E-state index in [1.54, 1.807) is 7.11 Å². The van der Waals surface area contributed by atoms with Gasteiger partial charge >= 0.3 is 0 Å². The summed E-state index contributed by atoms with van der Waals surface area (Å²) >= 11 is 0. The molecule has 0 amide bonds. The predicted molar refractivity (Wildman–Crippen MR) is 242 cm³/mol. The molecule has 0 spiro atoms. The number of fused-ring (bicyclic) bond motifs is 4. The van der Waals surface area contributed by atoms with Crippen LogP contribution in [0.15, 0.2) is 194 Å². The number of ether oxygens (including phenoxy) is 1. The summed E-state index contributed by atoms with van der Waals surface area (Å²) in [7, 11) is 1.75. The summed E-state index contributed by atoms with van der Waals surface area (Å²) in [6.07, 6.45) is 1.64. The fourth-order valence-electron chi connectivity index (χ4n) is 9.64. The molecule has 2 nitrogen and oxygen atoms in total. The smallest absolute Gasteiger partial charge is 0.124 e. The second kappa shape index (κ2) is 15.4. The van der Waals surface area contributed by atoms with Gasteiger partial charge in [-0.3, -0.25) is 0 Å². The summed E-state index contributed by atoms with van der Waals surface area (Å²) in [6, 6.07) is 68.2. The van der Waals surface area contributed by atoms with Crippen molar-refractivity contribution in [2.24, 2.45) is 0 Å². The molecule has 0 aromatic heterocycles. The highest BCUT2D eigenvalue weighted by Crippen LogP contribution is 2.51. The first kappa shape index (κ1) is 36.9. The van der Waals surface area contributed by atoms with Gasteiger partial charge < -0.3 is 9.84 Å². The highest BCUT2D eigenvalue weighted by atomic mass is 16.5. The van der Waals surface area contributed by atoms with Crippen LogP contribution in [0.3, 0.4) is 0 Å². The molecule has 0 radical (unpaired) electrons. The maximum absolute atomic E-state index is 11.2. The molecular weight excluding hydrogens is 729 g/mol. The second-order valence-electron chi connectivity index (χ2n) is 15.7. The van der Waals surface area contributed by atoms with E-state index in [1.807, 2.05) is 36.4 Å². The third kappa shape index (κ3) is 6.13. The lowest BCUT2D eigenvalue weighted by molar-refractivity contribution is 0.280. The van der Waals surface area contributed by atoms with Crippen LogP contribution in [0, 0.1) is 23.7 Å². The monoisotopic (exact) mass is 770 g/mol. The first-order valence-corrected chi connectivity index (χ1v) is 20.6. The van der Waals surface area contributed by atoms with Crippen LogP contribution in [0.25, 0.3) is 11.1 Å². The van der Waals surface area contributed by atoms with Crippen molar-refractivity contribution < 1.29 is 9.84 Å². The second-order valence-corrected chi connectivity index (χ2v) is 15.7. The number of hydrogen-bond donors (Lipinski definition) is 1. The molecule has 8 aromatic carbocycles. The molecule has 1 N–H and O–H groups in total. The molecule has 286 valence electrons. The normalized spacial score (nSPS) is 13.8. The van der Waals surface area contributed by atoms with E-state index in [0.717, 1.165) is 79.8 Å². The van der Waals surface area contributed by atoms with Crippen molar-refractivity contribution in [3.05, 3.63) is 266 Å². The van der Waals surface area contributed by atoms with E-state index >= 15 is 0 Å². The molecule has 0 bridgehead atoms. The summed E-state index contributed by atoms with van der Waals surface area (Å²) < 4.78 is 6.30. The minimum Gasteiger partial charge on any atom is -0.496 e. The molecule has 0 heterocycles. The van der Waals surface area contributed by atoms with Crippen LogP contribution in [0.4, 0.5) is 0 Å². The Morgan fingerprint density at radius 2 is 0.817 bits per heavy atom. The number of benzene rings is 8. The van der Waals surface area contributed by atoms with E-state index in [-0.39, 0.29) is 6.61 Å². The lowest BCUT2D eigenvalue weighted by atomic mass is 9.62. The number of aliphatic hydroxyl groups excluding tert-OH is 1. The Morgan fingerprint density at radius 3 is 1.25 bits per heavy atom. The van der Waals surface area contributed by atoms with Crippen LogP contribution in [-0.2, 0) is 30.3 Å². The van der Waals surface area contributed by atoms with Crippen molar-refractivity contribution in [3.63, 3.8) is 0 Å². The van der Waals surface area contributed by atoms with E-state index in [2.05, 4.69) is 181 Å². The number of aliphatic hydroxyl groups is 1. The average Bonchev–Trinajstić information content (AvgIpc) is 3.32. The van der Waals surface area contributed by atoms with Crippen molar-refractivity contribution >= 4 is 0 Å². The maximum atomic E-state index is 11.2. The summed E-state index contributed by atoms with van der Waals surface area (Å²) in [4.78, 5) is 0. The lowest BCUT2D eigenvalue weighted by Crippen LogP contribution is -2.34. The molecule has 0 saturated heterocycles. The molecule has 0 unspecified atom stereocenters. The lowest BCUT2D eigenvalue weighted by Gasteiger charge is -2.39. The zero-order valence-corrected chi connectivity index (χ0v) is 33.5. The van der Waals surface area contributed by atoms with Gasteiger partial charge in [0.2, 0.25) is 0 Å². The molecule has 0 aliphatic heterocycles. The van der Waals surface area contributed by atoms with E-state index in [9.17, 15) is 5.11 Å². The van der Waals surface area contributed by atoms with E-state index in [0.29, 0.717) is 0 Å². The zero-order valence-electron chi connectivity index (χ0n) is 33.5. The first-order chi connectivity index (χ1) is 29.6. The van der Waals surface area contributed by atoms with Crippen molar-refractivity contribution in [2.75, 3.05) is 7.11 Å². The van der Waals surface area contributed by atoms with Gasteiger partial charge in [0.1, 0.15) is 16.6 Å². The van der Waals surface area contributed by atoms with Gasteiger partial charge in [-0.25, -0.2) is 0 Å². The fraction of sp³-hybridized carbons (Fsp3) is 0.103. The van der Waals surface area contributed by atoms with E-state index in [4.69, 9.17) is 4.74 Å². The highest BCUT2D eigenvalue weighted by molar-refractivity contribution is 5.76. The van der Waals surface area contributed by atoms with Gasteiger partial charge in [0, 0.05) is 16.7 Å². The zero-order chi connectivity index (χ0) is 40.5. The van der Waals surface area contributed by atoms with Gasteiger partial charge in [-0.2, -0.15) is 0 Å². The van der Waals surface area contributed by atoms with E-state index in [1.165, 1.54) is 22.3 Å². The number of hydrogen-bond acceptors (Lipinski definition) is 2. The van der Waals surface area contributed by atoms with Crippen LogP contribution in [0.5, 0.6) is 5.75 Å². The average molecular weight is 771 g/mol. The van der Waals surface area contributed by atoms with Gasteiger partial charge in [-0.15, -0.1) is 0 Å². The van der Waals surface area contributed by atoms with Gasteiger partial charge in [-0.05, 0) is 122 Å². The maximum Gasteiger partial charge on any atom is 0.124 e. The Balaban J connectivity index is 1.25. The predicted octanol–water partition coefficient (Wildman–Crippen LogP) is 11.4. The number of methoxy groups -OCH3 is 1. The van der Waals surface area contributed by atoms with Crippen molar-refractivity contribution in [2.45, 2.75) is 30.3 Å². The first-order valence-electron chi connectivity index (χ1n) is 20.6. The Labute approximate surface area is 352 Å². The minimum atomic E-state index is -0.867. The van der Waals surface area contributed by atoms with Crippen LogP contribution >= 0.6 is 0 Å². The number of rotatable bonds is 5. The van der Waals surface area contributed by atoms with Crippen LogP contribution in [0.2, 0.25) is 0 Å². The fourth-order valence-corrected chi connectivity index (χ4v) is 9.64. The largest absolute Gasteiger partial charge is 0.496 e. The van der Waals surface area contributed by atoms with Crippen LogP contribution < -0.4 is 4.74 Å². The third-order valence-corrected chi connectivity index (χ3v) is 12.4. The van der Waals surface area contributed by atoms with Gasteiger partial charge in [-0.1, -0.05) is 175 Å². The Bertz CT molecular complexity index is 2730. The highest BCUT2D eigenvalue weighted by Gasteiger charge is 2.44. The Kier molecular flexibility index (Phi) is 9.50. The third-order valence-electron chi connectivity index (χ3n) is 12.4. The molecule has 0 atom stereocenters. The standard InChI is InChI=1S/C58H42O2/c1-60-56-31-30-44(39-55(56)58(35-33-42-18-6-3-7-19-42)52-26-14-10-22-47(52)37-48-23-11-15-27-53(48)58)43-28-29-49(40-59)54(38-43)57(34-32-41-16-4-2-5-17-41)50-24-12-8-20-45(50)36-46-21-9-13-25-51(46)57/h2-31,38-39,59H,36-37,40H2,1H3. The molecule has 0 saturated carbocycles. The van der Waals surface area contributed by atoms with Crippen molar-refractivity contribution in [1.82, 2.24) is 0 Å². The SMILES string of the molecule is COc1ccc(-c2ccc(CO)c(C3(C#Cc4ccccc4)c4ccccc4Cc4ccccc43)c2)cc1C1(C#Cc2ccccc2)c2ccccc2Cc2ccccc21. The van der Waals surface area contributed by atoms with Gasteiger partial charge in [0.25, 0.3) is 0 Å². The van der Waals surface area contributed by atoms with Crippen LogP contribution in [0.1, 0.15) is 72.3 Å². The topological polar surface area (TPSA) is 29.5 Å². The quantitative estimate of drug-likeness (QED) is 0.177. The van der Waals surface area contributed by atoms with Gasteiger partial charge in [0.05, 0.1) is 13.7 Å². The van der Waals surface area contributed by atoms with Crippen molar-refractivity contribution in [3.8, 4) is 40.6 Å². The molecular formula is C58H42O2. The summed E-state index contributed by atoms with van der Waals surface area (Å²) in [6.45, 7) is -0.131. The van der Waals surface area contributed by atoms with Gasteiger partial charge in [0.15, 0.2) is 0 Å². The molecule has 0 fully saturated rings. The van der Waals surface area contributed by atoms with E-state index < -0.39 is 10.8 Å². The molecule has 10 rings (SSSR count). The molecule has 60 heavy (non-hydrogen) atoms. The molecule has 8 aromatic rings. The minimum absolute atomic E-state index is 0.131. The Morgan fingerprint density at radius 1 is 0.433 bits per heavy atom.